The summed E-state index contributed by atoms with van der Waals surface area (Å²) in [4.78, 5) is 11.0. The zero-order chi connectivity index (χ0) is 8.59. The molecule has 1 aliphatic rings. The third-order valence-corrected chi connectivity index (χ3v) is 2.12. The van der Waals surface area contributed by atoms with Crippen molar-refractivity contribution >= 4 is 5.78 Å². The molecule has 3 nitrogen and oxygen atoms in total. The van der Waals surface area contributed by atoms with Crippen molar-refractivity contribution in [3.8, 4) is 0 Å². The van der Waals surface area contributed by atoms with E-state index in [1.165, 1.54) is 6.08 Å². The molecule has 0 saturated carbocycles. The molecule has 3 atom stereocenters. The molecule has 0 fully saturated rings. The Balaban J connectivity index is 2.92. The van der Waals surface area contributed by atoms with Crippen LogP contribution < -0.4 is 0 Å². The van der Waals surface area contributed by atoms with Gasteiger partial charge in [0.1, 0.15) is 6.10 Å². The summed E-state index contributed by atoms with van der Waals surface area (Å²) < 4.78 is 0. The van der Waals surface area contributed by atoms with Gasteiger partial charge < -0.3 is 10.2 Å². The highest BCUT2D eigenvalue weighted by Gasteiger charge is 2.32. The Labute approximate surface area is 65.3 Å². The minimum Gasteiger partial charge on any atom is -0.389 e. The number of hydrogen-bond acceptors (Lipinski definition) is 3. The molecule has 62 valence electrons. The molecule has 0 radical (unpaired) electrons. The Hall–Kier alpha value is -0.670. The molecule has 0 amide bonds. The summed E-state index contributed by atoms with van der Waals surface area (Å²) in [5.41, 5.74) is 0.542. The van der Waals surface area contributed by atoms with Gasteiger partial charge in [0.25, 0.3) is 0 Å². The molecule has 0 aliphatic heterocycles. The lowest BCUT2D eigenvalue weighted by atomic mass is 9.86. The lowest BCUT2D eigenvalue weighted by Gasteiger charge is -2.27. The van der Waals surface area contributed by atoms with E-state index in [0.717, 1.165) is 0 Å². The van der Waals surface area contributed by atoms with Gasteiger partial charge in [-0.3, -0.25) is 4.79 Å². The molecule has 0 spiro atoms. The summed E-state index contributed by atoms with van der Waals surface area (Å²) in [6, 6.07) is 0. The molecule has 3 heteroatoms. The molecule has 11 heavy (non-hydrogen) atoms. The Morgan fingerprint density at radius 1 is 1.45 bits per heavy atom. The van der Waals surface area contributed by atoms with Crippen LogP contribution in [0.25, 0.3) is 0 Å². The highest BCUT2D eigenvalue weighted by Crippen LogP contribution is 2.20. The van der Waals surface area contributed by atoms with Crippen LogP contribution in [0.15, 0.2) is 11.6 Å². The van der Waals surface area contributed by atoms with Crippen LogP contribution in [0.1, 0.15) is 13.8 Å². The SMILES string of the molecule is CC1=CC(=O)[C@H](C)[C@H](O)[C@@H]1O. The number of ketones is 1. The van der Waals surface area contributed by atoms with Crippen LogP contribution in [0.4, 0.5) is 0 Å². The van der Waals surface area contributed by atoms with E-state index in [4.69, 9.17) is 0 Å². The second-order valence-corrected chi connectivity index (χ2v) is 3.01. The zero-order valence-electron chi connectivity index (χ0n) is 6.61. The van der Waals surface area contributed by atoms with Gasteiger partial charge in [0.15, 0.2) is 5.78 Å². The number of aliphatic hydroxyl groups is 2. The van der Waals surface area contributed by atoms with E-state index in [1.54, 1.807) is 13.8 Å². The number of rotatable bonds is 0. The minimum absolute atomic E-state index is 0.111. The van der Waals surface area contributed by atoms with Crippen molar-refractivity contribution in [3.63, 3.8) is 0 Å². The molecule has 0 bridgehead atoms. The van der Waals surface area contributed by atoms with E-state index in [-0.39, 0.29) is 5.78 Å². The van der Waals surface area contributed by atoms with Crippen molar-refractivity contribution in [2.75, 3.05) is 0 Å². The van der Waals surface area contributed by atoms with Crippen LogP contribution in [0.2, 0.25) is 0 Å². The number of aliphatic hydroxyl groups excluding tert-OH is 2. The summed E-state index contributed by atoms with van der Waals surface area (Å²) in [6.45, 7) is 3.25. The summed E-state index contributed by atoms with van der Waals surface area (Å²) in [7, 11) is 0. The molecule has 0 aromatic rings. The molecule has 1 aliphatic carbocycles. The zero-order valence-corrected chi connectivity index (χ0v) is 6.61. The molecule has 0 heterocycles. The topological polar surface area (TPSA) is 57.5 Å². The lowest BCUT2D eigenvalue weighted by molar-refractivity contribution is -0.125. The van der Waals surface area contributed by atoms with Gasteiger partial charge in [-0.15, -0.1) is 0 Å². The summed E-state index contributed by atoms with van der Waals surface area (Å²) >= 11 is 0. The van der Waals surface area contributed by atoms with E-state index >= 15 is 0 Å². The fourth-order valence-electron chi connectivity index (χ4n) is 1.15. The van der Waals surface area contributed by atoms with Crippen LogP contribution in [-0.4, -0.2) is 28.2 Å². The molecular weight excluding hydrogens is 144 g/mol. The maximum atomic E-state index is 11.0. The summed E-state index contributed by atoms with van der Waals surface area (Å²) in [5, 5.41) is 18.5. The van der Waals surface area contributed by atoms with Gasteiger partial charge in [0.2, 0.25) is 0 Å². The normalized spacial score (nSPS) is 38.7. The van der Waals surface area contributed by atoms with E-state index in [9.17, 15) is 15.0 Å². The molecular formula is C8H12O3. The van der Waals surface area contributed by atoms with Crippen molar-refractivity contribution in [2.45, 2.75) is 26.1 Å². The van der Waals surface area contributed by atoms with E-state index in [2.05, 4.69) is 0 Å². The predicted octanol–water partition coefficient (Wildman–Crippen LogP) is -0.127. The van der Waals surface area contributed by atoms with Crippen molar-refractivity contribution in [3.05, 3.63) is 11.6 Å². The summed E-state index contributed by atoms with van der Waals surface area (Å²) in [6.07, 6.45) is -0.419. The molecule has 0 unspecified atom stereocenters. The number of carbonyl (C=O) groups excluding carboxylic acids is 1. The van der Waals surface area contributed by atoms with Crippen LogP contribution in [0.3, 0.4) is 0 Å². The van der Waals surface area contributed by atoms with E-state index in [0.29, 0.717) is 5.57 Å². The Kier molecular flexibility index (Phi) is 2.11. The van der Waals surface area contributed by atoms with Gasteiger partial charge in [0.05, 0.1) is 6.10 Å². The van der Waals surface area contributed by atoms with Crippen LogP contribution >= 0.6 is 0 Å². The highest BCUT2D eigenvalue weighted by atomic mass is 16.3. The van der Waals surface area contributed by atoms with Gasteiger partial charge in [-0.2, -0.15) is 0 Å². The van der Waals surface area contributed by atoms with Gasteiger partial charge in [0, 0.05) is 5.92 Å². The van der Waals surface area contributed by atoms with Crippen LogP contribution in [-0.2, 0) is 4.79 Å². The number of hydrogen-bond donors (Lipinski definition) is 2. The first-order chi connectivity index (χ1) is 5.04. The maximum absolute atomic E-state index is 11.0. The maximum Gasteiger partial charge on any atom is 0.161 e. The average Bonchev–Trinajstić information content (AvgIpc) is 1.97. The van der Waals surface area contributed by atoms with Crippen molar-refractivity contribution in [1.29, 1.82) is 0 Å². The lowest BCUT2D eigenvalue weighted by Crippen LogP contribution is -2.40. The Morgan fingerprint density at radius 2 is 2.00 bits per heavy atom. The standard InChI is InChI=1S/C8H12O3/c1-4-3-6(9)5(2)8(11)7(4)10/h3,5,7-8,10-11H,1-2H3/t5-,7+,8-/m0/s1. The quantitative estimate of drug-likeness (QED) is 0.513. The fraction of sp³-hybridized carbons (Fsp3) is 0.625. The van der Waals surface area contributed by atoms with Crippen molar-refractivity contribution in [1.82, 2.24) is 0 Å². The fourth-order valence-corrected chi connectivity index (χ4v) is 1.15. The smallest absolute Gasteiger partial charge is 0.161 e. The van der Waals surface area contributed by atoms with Gasteiger partial charge in [-0.25, -0.2) is 0 Å². The first-order valence-electron chi connectivity index (χ1n) is 3.62. The predicted molar refractivity (Wildman–Crippen MR) is 39.9 cm³/mol. The second-order valence-electron chi connectivity index (χ2n) is 3.01. The largest absolute Gasteiger partial charge is 0.389 e. The first-order valence-corrected chi connectivity index (χ1v) is 3.62. The second kappa shape index (κ2) is 2.75. The third-order valence-electron chi connectivity index (χ3n) is 2.12. The van der Waals surface area contributed by atoms with Gasteiger partial charge in [-0.1, -0.05) is 6.92 Å². The summed E-state index contributed by atoms with van der Waals surface area (Å²) in [5.74, 6) is -0.589. The van der Waals surface area contributed by atoms with Crippen LogP contribution in [0, 0.1) is 5.92 Å². The molecule has 0 saturated heterocycles. The molecule has 2 N–H and O–H groups in total. The van der Waals surface area contributed by atoms with E-state index < -0.39 is 18.1 Å². The monoisotopic (exact) mass is 156 g/mol. The molecule has 1 rings (SSSR count). The third kappa shape index (κ3) is 1.34. The number of carbonyl (C=O) groups is 1. The van der Waals surface area contributed by atoms with Crippen molar-refractivity contribution in [2.24, 2.45) is 5.92 Å². The van der Waals surface area contributed by atoms with Gasteiger partial charge in [-0.05, 0) is 18.6 Å². The number of allylic oxidation sites excluding steroid dienone is 1. The minimum atomic E-state index is -0.938. The van der Waals surface area contributed by atoms with Crippen LogP contribution in [0.5, 0.6) is 0 Å². The van der Waals surface area contributed by atoms with Crippen molar-refractivity contribution < 1.29 is 15.0 Å². The molecule has 0 aromatic carbocycles. The first kappa shape index (κ1) is 8.43. The highest BCUT2D eigenvalue weighted by molar-refractivity contribution is 5.93. The average molecular weight is 156 g/mol. The van der Waals surface area contributed by atoms with Gasteiger partial charge >= 0.3 is 0 Å². The Morgan fingerprint density at radius 3 is 2.55 bits per heavy atom. The van der Waals surface area contributed by atoms with E-state index in [1.807, 2.05) is 0 Å². The molecule has 0 aromatic heterocycles. The Bertz CT molecular complexity index is 207.